The summed E-state index contributed by atoms with van der Waals surface area (Å²) < 4.78 is 86.6. The number of nitrogens with one attached hydrogen (secondary N) is 1. The Kier molecular flexibility index (Phi) is 7.61. The molecule has 15 heteroatoms. The molecule has 4 aliphatic rings. The molecular weight excluding hydrogens is 611 g/mol. The van der Waals surface area contributed by atoms with Crippen molar-refractivity contribution in [3.05, 3.63) is 23.1 Å². The fourth-order valence-electron chi connectivity index (χ4n) is 7.74. The van der Waals surface area contributed by atoms with Gasteiger partial charge in [0.2, 0.25) is 5.88 Å². The lowest BCUT2D eigenvalue weighted by Crippen LogP contribution is -2.51. The highest BCUT2D eigenvalue weighted by atomic mass is 19.4. The second-order valence-electron chi connectivity index (χ2n) is 13.3. The van der Waals surface area contributed by atoms with E-state index in [0.29, 0.717) is 31.9 Å². The van der Waals surface area contributed by atoms with E-state index < -0.39 is 52.3 Å². The molecule has 10 nitrogen and oxygen atoms in total. The predicted molar refractivity (Wildman–Crippen MR) is 161 cm³/mol. The van der Waals surface area contributed by atoms with E-state index in [1.165, 1.54) is 0 Å². The zero-order valence-electron chi connectivity index (χ0n) is 25.9. The van der Waals surface area contributed by atoms with Crippen LogP contribution in [-0.4, -0.2) is 87.5 Å². The van der Waals surface area contributed by atoms with Crippen LogP contribution in [0.5, 0.6) is 11.9 Å². The number of piperazine rings is 1. The average molecular weight is 649 g/mol. The quantitative estimate of drug-likeness (QED) is 0.346. The summed E-state index contributed by atoms with van der Waals surface area (Å²) in [6.07, 6.45) is -2.44. The lowest BCUT2D eigenvalue weighted by molar-refractivity contribution is -0.137. The van der Waals surface area contributed by atoms with Gasteiger partial charge in [0.05, 0.1) is 22.9 Å². The fraction of sp³-hybridized carbons (Fsp3) is 0.613. The Morgan fingerprint density at radius 3 is 2.54 bits per heavy atom. The number of halogens is 5. The molecule has 3 N–H and O–H groups in total. The maximum atomic E-state index is 16.8. The van der Waals surface area contributed by atoms with Crippen LogP contribution in [0.3, 0.4) is 0 Å². The van der Waals surface area contributed by atoms with Crippen molar-refractivity contribution in [2.75, 3.05) is 43.4 Å². The van der Waals surface area contributed by atoms with E-state index in [9.17, 15) is 17.6 Å². The second kappa shape index (κ2) is 11.3. The van der Waals surface area contributed by atoms with Gasteiger partial charge < -0.3 is 25.4 Å². The first-order chi connectivity index (χ1) is 21.8. The average Bonchev–Trinajstić information content (AvgIpc) is 3.61. The molecular formula is C31H37F5N8O2. The molecule has 4 aliphatic heterocycles. The van der Waals surface area contributed by atoms with Crippen LogP contribution in [0.2, 0.25) is 0 Å². The lowest BCUT2D eigenvalue weighted by Gasteiger charge is -2.35. The van der Waals surface area contributed by atoms with E-state index in [1.807, 2.05) is 4.90 Å². The molecule has 2 bridgehead atoms. The van der Waals surface area contributed by atoms with Gasteiger partial charge in [-0.05, 0) is 59.1 Å². The number of anilines is 2. The third-order valence-electron chi connectivity index (χ3n) is 9.57. The maximum absolute atomic E-state index is 16.8. The Morgan fingerprint density at radius 1 is 1.11 bits per heavy atom. The number of nitrogens with two attached hydrogens (primary N) is 1. The number of pyridine rings is 2. The van der Waals surface area contributed by atoms with Crippen LogP contribution in [0.25, 0.3) is 22.2 Å². The van der Waals surface area contributed by atoms with Crippen LogP contribution in [0, 0.1) is 12.7 Å². The summed E-state index contributed by atoms with van der Waals surface area (Å²) in [6, 6.07) is 1.18. The molecule has 3 aromatic heterocycles. The number of hydrogen-bond acceptors (Lipinski definition) is 10. The fourth-order valence-corrected chi connectivity index (χ4v) is 7.74. The van der Waals surface area contributed by atoms with E-state index in [0.717, 1.165) is 45.2 Å². The van der Waals surface area contributed by atoms with Crippen molar-refractivity contribution in [3.63, 3.8) is 0 Å². The van der Waals surface area contributed by atoms with E-state index >= 15 is 4.39 Å². The molecule has 46 heavy (non-hydrogen) atoms. The van der Waals surface area contributed by atoms with E-state index in [1.54, 1.807) is 13.8 Å². The Labute approximate surface area is 262 Å². The van der Waals surface area contributed by atoms with E-state index in [2.05, 4.69) is 25.2 Å². The number of aromatic nitrogens is 4. The number of fused-ring (bicyclic) bond motifs is 4. The summed E-state index contributed by atoms with van der Waals surface area (Å²) in [7, 11) is 0. The Balaban J connectivity index is 1.43. The number of nitrogens with zero attached hydrogens (tertiary/aromatic N) is 6. The maximum Gasteiger partial charge on any atom is 0.418 e. The van der Waals surface area contributed by atoms with Crippen molar-refractivity contribution in [1.82, 2.24) is 30.2 Å². The van der Waals surface area contributed by atoms with Gasteiger partial charge in [0.1, 0.15) is 41.0 Å². The van der Waals surface area contributed by atoms with Gasteiger partial charge in [-0.2, -0.15) is 23.1 Å². The number of nitrogen functional groups attached to an aromatic ring is 1. The van der Waals surface area contributed by atoms with Gasteiger partial charge in [0.25, 0.3) is 0 Å². The second-order valence-corrected chi connectivity index (χ2v) is 13.3. The predicted octanol–water partition coefficient (Wildman–Crippen LogP) is 4.82. The summed E-state index contributed by atoms with van der Waals surface area (Å²) >= 11 is 0. The van der Waals surface area contributed by atoms with Crippen LogP contribution in [0.1, 0.15) is 57.2 Å². The molecule has 0 aromatic carbocycles. The minimum atomic E-state index is -4.88. The molecule has 4 saturated heterocycles. The van der Waals surface area contributed by atoms with Crippen LogP contribution in [0.15, 0.2) is 6.07 Å². The SMILES string of the molecule is Cc1nc(N)cc(-c2nc(OC(C)C)c3c(N4CC5CCC(C4)N5)nc(OC[C@@]45CCCN4C[C@H](F)C5)nc3c2F)c1C(F)(F)F. The van der Waals surface area contributed by atoms with Gasteiger partial charge in [-0.1, -0.05) is 0 Å². The van der Waals surface area contributed by atoms with Gasteiger partial charge in [0.15, 0.2) is 5.82 Å². The van der Waals surface area contributed by atoms with Gasteiger partial charge in [0, 0.05) is 43.7 Å². The number of ether oxygens (including phenoxy) is 2. The van der Waals surface area contributed by atoms with Gasteiger partial charge >= 0.3 is 12.2 Å². The Morgan fingerprint density at radius 2 is 1.85 bits per heavy atom. The highest BCUT2D eigenvalue weighted by Gasteiger charge is 2.49. The summed E-state index contributed by atoms with van der Waals surface area (Å²) in [5.74, 6) is -1.10. The molecule has 4 atom stereocenters. The van der Waals surface area contributed by atoms with Crippen molar-refractivity contribution in [3.8, 4) is 23.1 Å². The summed E-state index contributed by atoms with van der Waals surface area (Å²) in [5.41, 5.74) is 2.29. The van der Waals surface area contributed by atoms with Crippen LogP contribution in [0.4, 0.5) is 33.6 Å². The molecule has 0 spiro atoms. The topological polar surface area (TPSA) is 115 Å². The van der Waals surface area contributed by atoms with Crippen molar-refractivity contribution in [1.29, 1.82) is 0 Å². The minimum absolute atomic E-state index is 0.0956. The van der Waals surface area contributed by atoms with Gasteiger partial charge in [-0.3, -0.25) is 4.90 Å². The first-order valence-electron chi connectivity index (χ1n) is 15.8. The summed E-state index contributed by atoms with van der Waals surface area (Å²) in [5, 5.41) is 3.70. The molecule has 4 fully saturated rings. The molecule has 7 heterocycles. The molecule has 0 aliphatic carbocycles. The normalized spacial score (nSPS) is 26.4. The number of aryl methyl sites for hydroxylation is 1. The highest BCUT2D eigenvalue weighted by molar-refractivity contribution is 5.97. The standard InChI is InChI=1S/C31H37F5N8O2/c1-15(2)46-28-22-26(24(33)25(40-28)20-9-21(37)38-16(3)23(20)31(34,35)36)41-29(42-27(22)43-12-18-5-6-19(13-43)39-18)45-14-30-7-4-8-44(30)11-17(32)10-30/h9,15,17-19,39H,4-8,10-14H2,1-3H3,(H2,37,38)/t17-,18?,19?,30+/m1/s1. The van der Waals surface area contributed by atoms with Crippen LogP contribution in [-0.2, 0) is 6.18 Å². The van der Waals surface area contributed by atoms with Crippen molar-refractivity contribution >= 4 is 22.5 Å². The number of rotatable bonds is 7. The molecule has 0 saturated carbocycles. The van der Waals surface area contributed by atoms with Crippen LogP contribution < -0.4 is 25.4 Å². The third kappa shape index (κ3) is 5.44. The van der Waals surface area contributed by atoms with Crippen LogP contribution >= 0.6 is 0 Å². The monoisotopic (exact) mass is 648 g/mol. The smallest absolute Gasteiger partial charge is 0.418 e. The summed E-state index contributed by atoms with van der Waals surface area (Å²) in [4.78, 5) is 21.5. The third-order valence-corrected chi connectivity index (χ3v) is 9.57. The Bertz CT molecular complexity index is 1660. The van der Waals surface area contributed by atoms with Crippen molar-refractivity contribution < 1.29 is 31.4 Å². The number of alkyl halides is 4. The zero-order valence-corrected chi connectivity index (χ0v) is 25.9. The van der Waals surface area contributed by atoms with Crippen molar-refractivity contribution in [2.24, 2.45) is 0 Å². The van der Waals surface area contributed by atoms with Gasteiger partial charge in [-0.15, -0.1) is 0 Å². The minimum Gasteiger partial charge on any atom is -0.474 e. The lowest BCUT2D eigenvalue weighted by atomic mass is 9.95. The number of hydrogen-bond donors (Lipinski definition) is 2. The first kappa shape index (κ1) is 31.0. The molecule has 0 radical (unpaired) electrons. The van der Waals surface area contributed by atoms with E-state index in [4.69, 9.17) is 20.2 Å². The largest absolute Gasteiger partial charge is 0.474 e. The zero-order chi connectivity index (χ0) is 32.5. The Hall–Kier alpha value is -3.59. The molecule has 2 unspecified atom stereocenters. The molecule has 0 amide bonds. The first-order valence-corrected chi connectivity index (χ1v) is 15.8. The van der Waals surface area contributed by atoms with Gasteiger partial charge in [-0.25, -0.2) is 18.7 Å². The molecule has 3 aromatic rings. The van der Waals surface area contributed by atoms with Crippen molar-refractivity contribution in [2.45, 2.75) is 88.9 Å². The molecule has 7 rings (SSSR count). The highest BCUT2D eigenvalue weighted by Crippen LogP contribution is 2.45. The van der Waals surface area contributed by atoms with E-state index in [-0.39, 0.29) is 47.3 Å². The molecule has 248 valence electrons. The summed E-state index contributed by atoms with van der Waals surface area (Å²) in [6.45, 7) is 6.94.